The van der Waals surface area contributed by atoms with Gasteiger partial charge in [0.1, 0.15) is 0 Å². The number of rotatable bonds is 2. The smallest absolute Gasteiger partial charge is 0.164 e. The molecule has 0 saturated heterocycles. The van der Waals surface area contributed by atoms with Crippen molar-refractivity contribution in [3.05, 3.63) is 21.2 Å². The summed E-state index contributed by atoms with van der Waals surface area (Å²) in [5.41, 5.74) is 1.92. The van der Waals surface area contributed by atoms with Crippen LogP contribution in [0.2, 0.25) is 0 Å². The second-order valence-corrected chi connectivity index (χ2v) is 5.20. The first kappa shape index (κ1) is 10.6. The van der Waals surface area contributed by atoms with Crippen LogP contribution < -0.4 is 0 Å². The van der Waals surface area contributed by atoms with E-state index in [2.05, 4.69) is 18.8 Å². The van der Waals surface area contributed by atoms with E-state index in [1.54, 1.807) is 11.3 Å². The summed E-state index contributed by atoms with van der Waals surface area (Å²) in [5.74, 6) is 0.694. The summed E-state index contributed by atoms with van der Waals surface area (Å²) in [4.78, 5) is 17.4. The first-order valence-corrected chi connectivity index (χ1v) is 6.16. The van der Waals surface area contributed by atoms with Crippen molar-refractivity contribution in [3.63, 3.8) is 0 Å². The molecule has 80 valence electrons. The van der Waals surface area contributed by atoms with Gasteiger partial charge in [-0.1, -0.05) is 20.8 Å². The molecule has 2 nitrogen and oxygen atoms in total. The summed E-state index contributed by atoms with van der Waals surface area (Å²) in [6.45, 7) is 6.30. The highest BCUT2D eigenvalue weighted by atomic mass is 32.1. The van der Waals surface area contributed by atoms with Gasteiger partial charge >= 0.3 is 0 Å². The van der Waals surface area contributed by atoms with Crippen LogP contribution in [0.15, 0.2) is 5.57 Å². The van der Waals surface area contributed by atoms with Crippen molar-refractivity contribution in [1.29, 1.82) is 0 Å². The van der Waals surface area contributed by atoms with E-state index in [1.807, 2.05) is 13.0 Å². The first-order chi connectivity index (χ1) is 7.11. The van der Waals surface area contributed by atoms with Gasteiger partial charge in [0.25, 0.3) is 0 Å². The Hall–Kier alpha value is -0.960. The average molecular weight is 221 g/mol. The summed E-state index contributed by atoms with van der Waals surface area (Å²) in [6.07, 6.45) is 3.34. The monoisotopic (exact) mass is 221 g/mol. The molecule has 0 radical (unpaired) electrons. The lowest BCUT2D eigenvalue weighted by atomic mass is 9.98. The summed E-state index contributed by atoms with van der Waals surface area (Å²) < 4.78 is 0. The Morgan fingerprint density at radius 1 is 1.53 bits per heavy atom. The molecule has 0 bridgehead atoms. The number of ketones is 1. The molecule has 0 aromatic carbocycles. The number of fused-ring (bicyclic) bond motifs is 1. The maximum atomic E-state index is 11.7. The number of allylic oxidation sites excluding steroid dienone is 1. The number of aromatic nitrogens is 1. The van der Waals surface area contributed by atoms with Crippen LogP contribution in [0.25, 0.3) is 6.08 Å². The van der Waals surface area contributed by atoms with Crippen LogP contribution >= 0.6 is 11.3 Å². The van der Waals surface area contributed by atoms with Crippen molar-refractivity contribution in [2.24, 2.45) is 0 Å². The molecule has 0 atom stereocenters. The van der Waals surface area contributed by atoms with Crippen molar-refractivity contribution in [2.45, 2.75) is 39.5 Å². The highest BCUT2D eigenvalue weighted by molar-refractivity contribution is 7.12. The Bertz CT molecular complexity index is 429. The topological polar surface area (TPSA) is 30.0 Å². The third-order valence-electron chi connectivity index (χ3n) is 2.61. The minimum atomic E-state index is 0.241. The Kier molecular flexibility index (Phi) is 2.74. The van der Waals surface area contributed by atoms with Crippen LogP contribution in [-0.2, 0) is 11.2 Å². The largest absolute Gasteiger partial charge is 0.294 e. The van der Waals surface area contributed by atoms with Crippen LogP contribution in [0, 0.1) is 0 Å². The minimum absolute atomic E-state index is 0.241. The van der Waals surface area contributed by atoms with Crippen molar-refractivity contribution in [3.8, 4) is 0 Å². The fraction of sp³-hybridized carbons (Fsp3) is 0.500. The number of thiazole rings is 1. The maximum absolute atomic E-state index is 11.7. The molecule has 1 aromatic rings. The number of carbonyl (C=O) groups is 1. The minimum Gasteiger partial charge on any atom is -0.294 e. The van der Waals surface area contributed by atoms with Gasteiger partial charge in [0, 0.05) is 5.92 Å². The van der Waals surface area contributed by atoms with E-state index in [9.17, 15) is 4.79 Å². The lowest BCUT2D eigenvalue weighted by Gasteiger charge is -2.08. The molecule has 0 N–H and O–H groups in total. The molecule has 0 spiro atoms. The number of carbonyl (C=O) groups excluding carboxylic acids is 1. The lowest BCUT2D eigenvalue weighted by Crippen LogP contribution is -2.11. The van der Waals surface area contributed by atoms with Gasteiger partial charge in [-0.2, -0.15) is 0 Å². The molecule has 0 aliphatic heterocycles. The predicted molar refractivity (Wildman–Crippen MR) is 63.2 cm³/mol. The Labute approximate surface area is 94.0 Å². The molecular weight excluding hydrogens is 206 g/mol. The zero-order chi connectivity index (χ0) is 11.0. The van der Waals surface area contributed by atoms with Gasteiger partial charge in [0.2, 0.25) is 0 Å². The van der Waals surface area contributed by atoms with Crippen LogP contribution in [0.3, 0.4) is 0 Å². The summed E-state index contributed by atoms with van der Waals surface area (Å²) >= 11 is 1.72. The van der Waals surface area contributed by atoms with Gasteiger partial charge in [-0.05, 0) is 18.1 Å². The van der Waals surface area contributed by atoms with Crippen molar-refractivity contribution in [2.75, 3.05) is 0 Å². The predicted octanol–water partition coefficient (Wildman–Crippen LogP) is 3.19. The van der Waals surface area contributed by atoms with Gasteiger partial charge in [0.15, 0.2) is 5.78 Å². The van der Waals surface area contributed by atoms with E-state index in [4.69, 9.17) is 0 Å². The molecule has 2 rings (SSSR count). The van der Waals surface area contributed by atoms with E-state index in [0.717, 1.165) is 22.7 Å². The molecule has 1 heterocycles. The Morgan fingerprint density at radius 2 is 2.27 bits per heavy atom. The van der Waals surface area contributed by atoms with Gasteiger partial charge in [-0.3, -0.25) is 4.79 Å². The van der Waals surface area contributed by atoms with Gasteiger partial charge in [-0.25, -0.2) is 4.98 Å². The highest BCUT2D eigenvalue weighted by Crippen LogP contribution is 2.31. The standard InChI is InChI=1S/C12H15NOS/c1-4-8-5-11-9(6-10(8)14)13-12(15-11)7(2)3/h5,7H,4,6H2,1-3H3. The third kappa shape index (κ3) is 1.88. The fourth-order valence-corrected chi connectivity index (χ4v) is 2.73. The number of hydrogen-bond donors (Lipinski definition) is 0. The number of Topliss-reactive ketones (excluding diaryl/α,β-unsaturated/α-hetero) is 1. The van der Waals surface area contributed by atoms with Crippen LogP contribution in [0.4, 0.5) is 0 Å². The third-order valence-corrected chi connectivity index (χ3v) is 3.96. The zero-order valence-corrected chi connectivity index (χ0v) is 10.1. The zero-order valence-electron chi connectivity index (χ0n) is 9.33. The molecule has 1 aromatic heterocycles. The fourth-order valence-electron chi connectivity index (χ4n) is 1.67. The maximum Gasteiger partial charge on any atom is 0.164 e. The van der Waals surface area contributed by atoms with Crippen LogP contribution in [0.1, 0.15) is 48.7 Å². The van der Waals surface area contributed by atoms with Crippen molar-refractivity contribution >= 4 is 23.2 Å². The number of hydrogen-bond acceptors (Lipinski definition) is 3. The highest BCUT2D eigenvalue weighted by Gasteiger charge is 2.21. The average Bonchev–Trinajstić information content (AvgIpc) is 2.59. The number of nitrogens with zero attached hydrogens (tertiary/aromatic N) is 1. The molecule has 0 amide bonds. The van der Waals surface area contributed by atoms with Crippen LogP contribution in [-0.4, -0.2) is 10.8 Å². The van der Waals surface area contributed by atoms with E-state index < -0.39 is 0 Å². The van der Waals surface area contributed by atoms with Crippen LogP contribution in [0.5, 0.6) is 0 Å². The summed E-state index contributed by atoms with van der Waals surface area (Å²) in [6, 6.07) is 0. The Morgan fingerprint density at radius 3 is 2.87 bits per heavy atom. The molecule has 15 heavy (non-hydrogen) atoms. The van der Waals surface area contributed by atoms with Gasteiger partial charge < -0.3 is 0 Å². The lowest BCUT2D eigenvalue weighted by molar-refractivity contribution is -0.115. The Balaban J connectivity index is 2.42. The molecule has 0 saturated carbocycles. The van der Waals surface area contributed by atoms with E-state index in [1.165, 1.54) is 4.88 Å². The second kappa shape index (κ2) is 3.89. The molecule has 3 heteroatoms. The molecule has 0 unspecified atom stereocenters. The normalized spacial score (nSPS) is 15.5. The quantitative estimate of drug-likeness (QED) is 0.767. The molecule has 1 aliphatic carbocycles. The summed E-state index contributed by atoms with van der Waals surface area (Å²) in [7, 11) is 0. The van der Waals surface area contributed by atoms with Crippen molar-refractivity contribution < 1.29 is 4.79 Å². The second-order valence-electron chi connectivity index (χ2n) is 4.14. The van der Waals surface area contributed by atoms with Crippen molar-refractivity contribution in [1.82, 2.24) is 4.98 Å². The van der Waals surface area contributed by atoms with E-state index in [-0.39, 0.29) is 5.78 Å². The SMILES string of the molecule is CCC1=Cc2sc(C(C)C)nc2CC1=O. The molecular formula is C12H15NOS. The summed E-state index contributed by atoms with van der Waals surface area (Å²) in [5, 5.41) is 1.14. The van der Waals surface area contributed by atoms with E-state index >= 15 is 0 Å². The van der Waals surface area contributed by atoms with Gasteiger partial charge in [0.05, 0.1) is 22.0 Å². The van der Waals surface area contributed by atoms with E-state index in [0.29, 0.717) is 12.3 Å². The first-order valence-electron chi connectivity index (χ1n) is 5.35. The molecule has 1 aliphatic rings. The molecule has 0 fully saturated rings. The van der Waals surface area contributed by atoms with Gasteiger partial charge in [-0.15, -0.1) is 11.3 Å².